The maximum atomic E-state index is 13.5. The van der Waals surface area contributed by atoms with E-state index in [9.17, 15) is 13.2 Å². The highest BCUT2D eigenvalue weighted by Crippen LogP contribution is 2.47. The Morgan fingerprint density at radius 1 is 1.17 bits per heavy atom. The first-order valence-corrected chi connectivity index (χ1v) is 10.6. The van der Waals surface area contributed by atoms with Crippen LogP contribution >= 0.6 is 11.6 Å². The normalized spacial score (nSPS) is 16.0. The van der Waals surface area contributed by atoms with Gasteiger partial charge >= 0.3 is 5.97 Å². The van der Waals surface area contributed by atoms with Gasteiger partial charge < -0.3 is 14.4 Å². The fourth-order valence-corrected chi connectivity index (χ4v) is 5.55. The minimum atomic E-state index is -4.03. The van der Waals surface area contributed by atoms with Crippen molar-refractivity contribution < 1.29 is 22.7 Å². The molecule has 152 valence electrons. The summed E-state index contributed by atoms with van der Waals surface area (Å²) < 4.78 is 38.0. The number of methoxy groups -OCH3 is 2. The molecule has 0 aliphatic carbocycles. The number of rotatable bonds is 5. The molecule has 2 heterocycles. The van der Waals surface area contributed by atoms with Crippen LogP contribution in [0.5, 0.6) is 0 Å². The lowest BCUT2D eigenvalue weighted by Gasteiger charge is -2.28. The SMILES string of the molecule is COCCCN1C2=Nc3cccc(Cl)c3S(=O)(=O)N2c2cc(C(=O)OC)ccc21. The molecule has 10 heteroatoms. The first-order chi connectivity index (χ1) is 13.9. The summed E-state index contributed by atoms with van der Waals surface area (Å²) in [5.74, 6) is -0.315. The minimum absolute atomic E-state index is 0.0569. The van der Waals surface area contributed by atoms with Crippen LogP contribution in [0.25, 0.3) is 0 Å². The molecule has 29 heavy (non-hydrogen) atoms. The second-order valence-electron chi connectivity index (χ2n) is 6.46. The standard InChI is InChI=1S/C19H18ClN3O5S/c1-27-10-4-9-22-15-8-7-12(18(24)28-2)11-16(15)23-19(22)21-14-6-3-5-13(20)17(14)29(23,25)26/h3,5-8,11H,4,9-10H2,1-2H3. The molecule has 0 saturated heterocycles. The van der Waals surface area contributed by atoms with Crippen LogP contribution in [-0.4, -0.2) is 47.7 Å². The lowest BCUT2D eigenvalue weighted by molar-refractivity contribution is 0.0601. The van der Waals surface area contributed by atoms with Crippen molar-refractivity contribution in [2.45, 2.75) is 11.3 Å². The summed E-state index contributed by atoms with van der Waals surface area (Å²) in [4.78, 5) is 18.3. The van der Waals surface area contributed by atoms with Gasteiger partial charge in [0.15, 0.2) is 0 Å². The Morgan fingerprint density at radius 3 is 2.69 bits per heavy atom. The zero-order chi connectivity index (χ0) is 20.8. The van der Waals surface area contributed by atoms with Crippen molar-refractivity contribution in [3.8, 4) is 0 Å². The van der Waals surface area contributed by atoms with E-state index in [0.717, 1.165) is 4.31 Å². The van der Waals surface area contributed by atoms with E-state index >= 15 is 0 Å². The first-order valence-electron chi connectivity index (χ1n) is 8.81. The summed E-state index contributed by atoms with van der Waals surface area (Å²) in [6.45, 7) is 0.994. The smallest absolute Gasteiger partial charge is 0.337 e. The average molecular weight is 436 g/mol. The van der Waals surface area contributed by atoms with Crippen LogP contribution in [0.1, 0.15) is 16.8 Å². The van der Waals surface area contributed by atoms with Gasteiger partial charge in [0, 0.05) is 20.3 Å². The van der Waals surface area contributed by atoms with E-state index in [4.69, 9.17) is 21.1 Å². The molecule has 0 unspecified atom stereocenters. The van der Waals surface area contributed by atoms with Gasteiger partial charge in [-0.2, -0.15) is 0 Å². The molecule has 2 aliphatic rings. The van der Waals surface area contributed by atoms with Crippen molar-refractivity contribution in [3.05, 3.63) is 47.0 Å². The predicted molar refractivity (Wildman–Crippen MR) is 110 cm³/mol. The number of esters is 1. The molecule has 0 saturated carbocycles. The molecular weight excluding hydrogens is 418 g/mol. The van der Waals surface area contributed by atoms with Crippen molar-refractivity contribution in [1.82, 2.24) is 0 Å². The minimum Gasteiger partial charge on any atom is -0.465 e. The lowest BCUT2D eigenvalue weighted by Crippen LogP contribution is -2.44. The number of ether oxygens (including phenoxy) is 2. The number of anilines is 2. The summed E-state index contributed by atoms with van der Waals surface area (Å²) >= 11 is 6.21. The zero-order valence-corrected chi connectivity index (χ0v) is 17.3. The molecule has 0 amide bonds. The Morgan fingerprint density at radius 2 is 1.97 bits per heavy atom. The Labute approximate surface area is 173 Å². The van der Waals surface area contributed by atoms with Crippen LogP contribution in [0.4, 0.5) is 17.1 Å². The van der Waals surface area contributed by atoms with Crippen molar-refractivity contribution in [2.75, 3.05) is 36.6 Å². The number of aliphatic imine (C=N–C) groups is 1. The van der Waals surface area contributed by atoms with Gasteiger partial charge in [-0.1, -0.05) is 17.7 Å². The van der Waals surface area contributed by atoms with Crippen LogP contribution < -0.4 is 9.21 Å². The molecule has 0 aromatic heterocycles. The number of benzene rings is 2. The van der Waals surface area contributed by atoms with Gasteiger partial charge in [0.25, 0.3) is 10.0 Å². The molecule has 8 nitrogen and oxygen atoms in total. The maximum absolute atomic E-state index is 13.5. The monoisotopic (exact) mass is 435 g/mol. The summed E-state index contributed by atoms with van der Waals surface area (Å²) in [7, 11) is -1.15. The molecule has 0 spiro atoms. The fourth-order valence-electron chi connectivity index (χ4n) is 3.45. The van der Waals surface area contributed by atoms with E-state index in [-0.39, 0.29) is 27.1 Å². The molecule has 0 atom stereocenters. The van der Waals surface area contributed by atoms with Crippen molar-refractivity contribution in [2.24, 2.45) is 4.99 Å². The highest BCUT2D eigenvalue weighted by molar-refractivity contribution is 7.94. The fraction of sp³-hybridized carbons (Fsp3) is 0.263. The number of guanidine groups is 1. The Bertz CT molecular complexity index is 1130. The molecule has 2 aliphatic heterocycles. The number of halogens is 1. The van der Waals surface area contributed by atoms with Crippen molar-refractivity contribution in [1.29, 1.82) is 0 Å². The van der Waals surface area contributed by atoms with Crippen LogP contribution in [0.15, 0.2) is 46.3 Å². The molecule has 0 fully saturated rings. The van der Waals surface area contributed by atoms with Crippen LogP contribution in [0, 0.1) is 0 Å². The van der Waals surface area contributed by atoms with E-state index in [2.05, 4.69) is 4.99 Å². The quantitative estimate of drug-likeness (QED) is 0.529. The third-order valence-electron chi connectivity index (χ3n) is 4.72. The number of carbonyl (C=O) groups is 1. The van der Waals surface area contributed by atoms with Gasteiger partial charge in [-0.25, -0.2) is 22.5 Å². The van der Waals surface area contributed by atoms with Crippen LogP contribution in [0.3, 0.4) is 0 Å². The molecule has 2 aromatic rings. The van der Waals surface area contributed by atoms with Gasteiger partial charge in [-0.05, 0) is 36.8 Å². The van der Waals surface area contributed by atoms with Gasteiger partial charge in [0.1, 0.15) is 4.90 Å². The van der Waals surface area contributed by atoms with Gasteiger partial charge in [-0.3, -0.25) is 0 Å². The Kier molecular flexibility index (Phi) is 4.97. The lowest BCUT2D eigenvalue weighted by atomic mass is 10.1. The third-order valence-corrected chi connectivity index (χ3v) is 6.94. The highest BCUT2D eigenvalue weighted by Gasteiger charge is 2.45. The van der Waals surface area contributed by atoms with Gasteiger partial charge in [0.05, 0.1) is 34.8 Å². The summed E-state index contributed by atoms with van der Waals surface area (Å²) in [5, 5.41) is 0.0915. The van der Waals surface area contributed by atoms with Gasteiger partial charge in [0.2, 0.25) is 5.96 Å². The molecule has 0 bridgehead atoms. The second-order valence-corrected chi connectivity index (χ2v) is 8.59. The number of fused-ring (bicyclic) bond motifs is 4. The second kappa shape index (κ2) is 7.33. The predicted octanol–water partition coefficient (Wildman–Crippen LogP) is 3.18. The third kappa shape index (κ3) is 3.06. The Hall–Kier alpha value is -2.62. The first kappa shape index (κ1) is 19.7. The van der Waals surface area contributed by atoms with E-state index in [0.29, 0.717) is 30.9 Å². The summed E-state index contributed by atoms with van der Waals surface area (Å²) in [6.07, 6.45) is 0.657. The van der Waals surface area contributed by atoms with E-state index in [1.165, 1.54) is 19.2 Å². The number of carbonyl (C=O) groups excluding carboxylic acids is 1. The van der Waals surface area contributed by atoms with E-state index in [1.54, 1.807) is 36.3 Å². The number of hydrogen-bond donors (Lipinski definition) is 0. The average Bonchev–Trinajstić information content (AvgIpc) is 3.01. The van der Waals surface area contributed by atoms with Crippen molar-refractivity contribution in [3.63, 3.8) is 0 Å². The topological polar surface area (TPSA) is 88.5 Å². The molecule has 2 aromatic carbocycles. The molecule has 4 rings (SSSR count). The molecular formula is C19H18ClN3O5S. The van der Waals surface area contributed by atoms with Gasteiger partial charge in [-0.15, -0.1) is 0 Å². The van der Waals surface area contributed by atoms with Crippen LogP contribution in [0.2, 0.25) is 5.02 Å². The summed E-state index contributed by atoms with van der Waals surface area (Å²) in [6, 6.07) is 9.56. The van der Waals surface area contributed by atoms with E-state index in [1.807, 2.05) is 0 Å². The summed E-state index contributed by atoms with van der Waals surface area (Å²) in [5.41, 5.74) is 1.47. The molecule has 0 N–H and O–H groups in total. The van der Waals surface area contributed by atoms with Crippen molar-refractivity contribution >= 4 is 50.6 Å². The number of sulfonamides is 1. The van der Waals surface area contributed by atoms with E-state index < -0.39 is 16.0 Å². The largest absolute Gasteiger partial charge is 0.465 e. The maximum Gasteiger partial charge on any atom is 0.337 e. The highest BCUT2D eigenvalue weighted by atomic mass is 35.5. The molecule has 0 radical (unpaired) electrons. The number of nitrogens with zero attached hydrogens (tertiary/aromatic N) is 3. The van der Waals surface area contributed by atoms with Crippen LogP contribution in [-0.2, 0) is 19.5 Å². The number of hydrogen-bond acceptors (Lipinski definition) is 7. The zero-order valence-electron chi connectivity index (χ0n) is 15.8. The Balaban J connectivity index is 1.92.